The fourth-order valence-corrected chi connectivity index (χ4v) is 2.76. The number of rotatable bonds is 9. The highest BCUT2D eigenvalue weighted by Crippen LogP contribution is 2.11. The van der Waals surface area contributed by atoms with Gasteiger partial charge in [-0.3, -0.25) is 4.79 Å². The molecule has 2 rings (SSSR count). The third-order valence-corrected chi connectivity index (χ3v) is 4.20. The van der Waals surface area contributed by atoms with Gasteiger partial charge in [0, 0.05) is 6.54 Å². The Bertz CT molecular complexity index is 655. The molecule has 0 radical (unpaired) electrons. The normalized spacial score (nSPS) is 13.2. The van der Waals surface area contributed by atoms with Gasteiger partial charge in [-0.2, -0.15) is 0 Å². The molecule has 4 heteroatoms. The van der Waals surface area contributed by atoms with E-state index >= 15 is 0 Å². The third kappa shape index (κ3) is 6.33. The third-order valence-electron chi connectivity index (χ3n) is 4.20. The molecule has 2 aromatic rings. The van der Waals surface area contributed by atoms with E-state index in [9.17, 15) is 9.90 Å². The molecule has 0 aliphatic heterocycles. The summed E-state index contributed by atoms with van der Waals surface area (Å²) in [5, 5.41) is 12.5. The summed E-state index contributed by atoms with van der Waals surface area (Å²) in [6.45, 7) is 5.12. The minimum absolute atomic E-state index is 0.108. The lowest BCUT2D eigenvalue weighted by molar-refractivity contribution is -0.128. The van der Waals surface area contributed by atoms with Crippen LogP contribution in [0.15, 0.2) is 54.6 Å². The Morgan fingerprint density at radius 1 is 1.04 bits per heavy atom. The highest BCUT2D eigenvalue weighted by molar-refractivity contribution is 5.79. The monoisotopic (exact) mass is 341 g/mol. The first kappa shape index (κ1) is 19.2. The van der Waals surface area contributed by atoms with Gasteiger partial charge in [-0.15, -0.1) is 0 Å². The highest BCUT2D eigenvalue weighted by atomic mass is 16.5. The van der Waals surface area contributed by atoms with E-state index in [1.807, 2.05) is 61.5 Å². The molecule has 0 spiro atoms. The molecule has 0 unspecified atom stereocenters. The van der Waals surface area contributed by atoms with Gasteiger partial charge in [0.2, 0.25) is 5.91 Å². The van der Waals surface area contributed by atoms with Gasteiger partial charge in [0.15, 0.2) is 0 Å². The average Bonchev–Trinajstić information content (AvgIpc) is 2.61. The molecule has 134 valence electrons. The number of hydrogen-bond donors (Lipinski definition) is 2. The van der Waals surface area contributed by atoms with Crippen LogP contribution in [0.25, 0.3) is 0 Å². The van der Waals surface area contributed by atoms with Crippen LogP contribution in [0.3, 0.4) is 0 Å². The molecule has 0 aliphatic carbocycles. The Kier molecular flexibility index (Phi) is 7.64. The van der Waals surface area contributed by atoms with Gasteiger partial charge in [0.05, 0.1) is 25.2 Å². The number of nitrogens with one attached hydrogen (secondary N) is 1. The first-order valence-corrected chi connectivity index (χ1v) is 8.75. The lowest BCUT2D eigenvalue weighted by Gasteiger charge is -2.17. The summed E-state index contributed by atoms with van der Waals surface area (Å²) in [5.41, 5.74) is 3.24. The van der Waals surface area contributed by atoms with Crippen LogP contribution < -0.4 is 5.32 Å². The number of amides is 1. The van der Waals surface area contributed by atoms with Crippen molar-refractivity contribution in [3.8, 4) is 0 Å². The van der Waals surface area contributed by atoms with Crippen LogP contribution in [0, 0.1) is 5.92 Å². The predicted octanol–water partition coefficient (Wildman–Crippen LogP) is 3.43. The zero-order chi connectivity index (χ0) is 18.1. The van der Waals surface area contributed by atoms with Crippen molar-refractivity contribution in [1.82, 2.24) is 5.32 Å². The lowest BCUT2D eigenvalue weighted by Crippen LogP contribution is -2.35. The summed E-state index contributed by atoms with van der Waals surface area (Å²) >= 11 is 0. The average molecular weight is 341 g/mol. The van der Waals surface area contributed by atoms with Gasteiger partial charge >= 0.3 is 0 Å². The molecule has 0 aromatic heterocycles. The Morgan fingerprint density at radius 3 is 2.36 bits per heavy atom. The molecule has 0 heterocycles. The van der Waals surface area contributed by atoms with Crippen molar-refractivity contribution in [2.24, 2.45) is 5.92 Å². The Labute approximate surface area is 149 Å². The first-order valence-electron chi connectivity index (χ1n) is 8.75. The molecular formula is C21H27NO3. The van der Waals surface area contributed by atoms with Crippen molar-refractivity contribution in [3.63, 3.8) is 0 Å². The molecule has 0 saturated heterocycles. The second kappa shape index (κ2) is 9.97. The fraction of sp³-hybridized carbons (Fsp3) is 0.381. The van der Waals surface area contributed by atoms with Crippen molar-refractivity contribution in [1.29, 1.82) is 0 Å². The summed E-state index contributed by atoms with van der Waals surface area (Å²) in [7, 11) is 0. The van der Waals surface area contributed by atoms with E-state index in [0.717, 1.165) is 16.7 Å². The molecule has 0 aliphatic rings. The quantitative estimate of drug-likeness (QED) is 0.735. The maximum atomic E-state index is 12.1. The smallest absolute Gasteiger partial charge is 0.225 e. The van der Waals surface area contributed by atoms with Crippen LogP contribution in [-0.4, -0.2) is 17.1 Å². The Morgan fingerprint density at radius 2 is 1.68 bits per heavy atom. The SMILES string of the molecule is CC[C@@H](C(=O)NCc1cccc(COCc2ccccc2)c1)[C@@H](C)O. The lowest BCUT2D eigenvalue weighted by atomic mass is 9.99. The van der Waals surface area contributed by atoms with Crippen LogP contribution in [0.2, 0.25) is 0 Å². The summed E-state index contributed by atoms with van der Waals surface area (Å²) in [6, 6.07) is 18.1. The van der Waals surface area contributed by atoms with E-state index in [2.05, 4.69) is 5.32 Å². The summed E-state index contributed by atoms with van der Waals surface area (Å²) in [5.74, 6) is -0.472. The number of benzene rings is 2. The van der Waals surface area contributed by atoms with Crippen LogP contribution in [0.1, 0.15) is 37.0 Å². The second-order valence-corrected chi connectivity index (χ2v) is 6.27. The molecule has 25 heavy (non-hydrogen) atoms. The molecule has 1 amide bonds. The highest BCUT2D eigenvalue weighted by Gasteiger charge is 2.20. The standard InChI is InChI=1S/C21H27NO3/c1-3-20(16(2)23)21(24)22-13-18-10-7-11-19(12-18)15-25-14-17-8-5-4-6-9-17/h4-12,16,20,23H,3,13-15H2,1-2H3,(H,22,24)/t16-,20-/m1/s1. The molecule has 2 atom stereocenters. The molecule has 0 fully saturated rings. The van der Waals surface area contributed by atoms with Crippen molar-refractivity contribution in [2.75, 3.05) is 0 Å². The summed E-state index contributed by atoms with van der Waals surface area (Å²) in [6.07, 6.45) is -0.0145. The summed E-state index contributed by atoms with van der Waals surface area (Å²) in [4.78, 5) is 12.1. The second-order valence-electron chi connectivity index (χ2n) is 6.27. The number of aliphatic hydroxyl groups is 1. The van der Waals surface area contributed by atoms with Crippen LogP contribution >= 0.6 is 0 Å². The van der Waals surface area contributed by atoms with E-state index < -0.39 is 6.10 Å². The Balaban J connectivity index is 1.83. The molecular weight excluding hydrogens is 314 g/mol. The number of carbonyl (C=O) groups excluding carboxylic acids is 1. The molecule has 4 nitrogen and oxygen atoms in total. The van der Waals surface area contributed by atoms with Gasteiger partial charge in [0.25, 0.3) is 0 Å². The topological polar surface area (TPSA) is 58.6 Å². The van der Waals surface area contributed by atoms with Crippen molar-refractivity contribution in [3.05, 3.63) is 71.3 Å². The van der Waals surface area contributed by atoms with Crippen LogP contribution in [-0.2, 0) is 29.3 Å². The van der Waals surface area contributed by atoms with Crippen molar-refractivity contribution in [2.45, 2.75) is 46.1 Å². The van der Waals surface area contributed by atoms with Gasteiger partial charge in [-0.05, 0) is 30.0 Å². The molecule has 2 aromatic carbocycles. The zero-order valence-corrected chi connectivity index (χ0v) is 14.9. The minimum Gasteiger partial charge on any atom is -0.393 e. The van der Waals surface area contributed by atoms with Gasteiger partial charge in [-0.1, -0.05) is 61.5 Å². The predicted molar refractivity (Wildman–Crippen MR) is 98.7 cm³/mol. The molecule has 0 saturated carbocycles. The zero-order valence-electron chi connectivity index (χ0n) is 14.9. The van der Waals surface area contributed by atoms with Crippen LogP contribution in [0.4, 0.5) is 0 Å². The number of ether oxygens (including phenoxy) is 1. The summed E-state index contributed by atoms with van der Waals surface area (Å²) < 4.78 is 5.75. The number of aliphatic hydroxyl groups excluding tert-OH is 1. The van der Waals surface area contributed by atoms with E-state index in [4.69, 9.17) is 4.74 Å². The number of carbonyl (C=O) groups is 1. The van der Waals surface area contributed by atoms with Gasteiger partial charge in [-0.25, -0.2) is 0 Å². The van der Waals surface area contributed by atoms with Gasteiger partial charge in [0.1, 0.15) is 0 Å². The van der Waals surface area contributed by atoms with Gasteiger partial charge < -0.3 is 15.2 Å². The van der Waals surface area contributed by atoms with Crippen molar-refractivity contribution >= 4 is 5.91 Å². The van der Waals surface area contributed by atoms with Crippen LogP contribution in [0.5, 0.6) is 0 Å². The van der Waals surface area contributed by atoms with E-state index in [-0.39, 0.29) is 11.8 Å². The Hall–Kier alpha value is -2.17. The molecule has 0 bridgehead atoms. The van der Waals surface area contributed by atoms with E-state index in [1.54, 1.807) is 6.92 Å². The first-order chi connectivity index (χ1) is 12.1. The van der Waals surface area contributed by atoms with Crippen molar-refractivity contribution < 1.29 is 14.6 Å². The van der Waals surface area contributed by atoms with E-state index in [1.165, 1.54) is 0 Å². The maximum absolute atomic E-state index is 12.1. The maximum Gasteiger partial charge on any atom is 0.225 e. The fourth-order valence-electron chi connectivity index (χ4n) is 2.76. The molecule has 2 N–H and O–H groups in total. The largest absolute Gasteiger partial charge is 0.393 e. The minimum atomic E-state index is -0.636. The van der Waals surface area contributed by atoms with E-state index in [0.29, 0.717) is 26.2 Å². The number of hydrogen-bond acceptors (Lipinski definition) is 3.